The maximum absolute atomic E-state index is 10.6. The molecule has 0 saturated carbocycles. The van der Waals surface area contributed by atoms with Gasteiger partial charge in [0.15, 0.2) is 0 Å². The number of nitro benzene ring substituents is 1. The first-order valence-electron chi connectivity index (χ1n) is 8.76. The van der Waals surface area contributed by atoms with E-state index in [1.165, 1.54) is 18.6 Å². The Kier molecular flexibility index (Phi) is 7.70. The number of azo groups is 1. The Morgan fingerprint density at radius 2 is 1.54 bits per heavy atom. The summed E-state index contributed by atoms with van der Waals surface area (Å²) in [5.41, 5.74) is 2.33. The molecular weight excluding hydrogens is 332 g/mol. The molecule has 0 fully saturated rings. The number of aliphatic hydroxyl groups is 1. The molecule has 138 valence electrons. The Morgan fingerprint density at radius 3 is 2.04 bits per heavy atom. The predicted octanol–water partition coefficient (Wildman–Crippen LogP) is 5.00. The molecule has 0 atom stereocenters. The van der Waals surface area contributed by atoms with Gasteiger partial charge in [-0.05, 0) is 42.8 Å². The molecule has 0 aliphatic heterocycles. The first-order chi connectivity index (χ1) is 12.6. The number of non-ortho nitro benzene ring substituents is 1. The smallest absolute Gasteiger partial charge is 0.269 e. The Labute approximate surface area is 153 Å². The van der Waals surface area contributed by atoms with Gasteiger partial charge >= 0.3 is 0 Å². The second-order valence-electron chi connectivity index (χ2n) is 5.91. The van der Waals surface area contributed by atoms with Crippen molar-refractivity contribution in [1.82, 2.24) is 0 Å². The molecule has 2 aromatic rings. The van der Waals surface area contributed by atoms with Crippen LogP contribution in [-0.2, 0) is 0 Å². The van der Waals surface area contributed by atoms with Crippen LogP contribution in [0.5, 0.6) is 0 Å². The van der Waals surface area contributed by atoms with E-state index in [2.05, 4.69) is 22.1 Å². The van der Waals surface area contributed by atoms with Crippen molar-refractivity contribution in [3.63, 3.8) is 0 Å². The summed E-state index contributed by atoms with van der Waals surface area (Å²) in [5, 5.41) is 28.2. The Bertz CT molecular complexity index is 715. The number of rotatable bonds is 10. The number of aliphatic hydroxyl groups excluding tert-OH is 1. The molecule has 0 spiro atoms. The molecule has 0 aliphatic rings. The molecule has 0 bridgehead atoms. The molecule has 0 aromatic heterocycles. The normalized spacial score (nSPS) is 11.0. The van der Waals surface area contributed by atoms with Gasteiger partial charge in [0.2, 0.25) is 0 Å². The SMILES string of the molecule is CCCCCN(CCO)c1ccc(/N=N/c2ccc([N+](=O)[O-])cc2)cc1. The molecule has 26 heavy (non-hydrogen) atoms. The van der Waals surface area contributed by atoms with Crippen LogP contribution < -0.4 is 4.90 Å². The standard InChI is InChI=1S/C19H24N4O3/c1-2-3-4-13-22(14-15-24)18-9-5-16(6-10-18)20-21-17-7-11-19(12-8-17)23(25)26/h5-12,24H,2-4,13-15H2,1H3/b21-20+. The average Bonchev–Trinajstić information content (AvgIpc) is 2.66. The molecule has 0 amide bonds. The molecule has 0 aliphatic carbocycles. The van der Waals surface area contributed by atoms with E-state index < -0.39 is 4.92 Å². The van der Waals surface area contributed by atoms with Crippen molar-refractivity contribution in [2.24, 2.45) is 10.2 Å². The Morgan fingerprint density at radius 1 is 0.962 bits per heavy atom. The maximum atomic E-state index is 10.6. The van der Waals surface area contributed by atoms with Crippen LogP contribution >= 0.6 is 0 Å². The number of nitrogens with zero attached hydrogens (tertiary/aromatic N) is 4. The van der Waals surface area contributed by atoms with E-state index in [0.717, 1.165) is 25.1 Å². The summed E-state index contributed by atoms with van der Waals surface area (Å²) in [6.07, 6.45) is 3.43. The monoisotopic (exact) mass is 356 g/mol. The van der Waals surface area contributed by atoms with Crippen molar-refractivity contribution in [2.45, 2.75) is 26.2 Å². The predicted molar refractivity (Wildman–Crippen MR) is 103 cm³/mol. The second kappa shape index (κ2) is 10.2. The van der Waals surface area contributed by atoms with Gasteiger partial charge in [-0.15, -0.1) is 0 Å². The zero-order valence-corrected chi connectivity index (χ0v) is 14.9. The summed E-state index contributed by atoms with van der Waals surface area (Å²) in [5.74, 6) is 0. The number of hydrogen-bond donors (Lipinski definition) is 1. The van der Waals surface area contributed by atoms with E-state index in [9.17, 15) is 15.2 Å². The van der Waals surface area contributed by atoms with E-state index in [1.807, 2.05) is 24.3 Å². The molecule has 0 heterocycles. The van der Waals surface area contributed by atoms with Crippen LogP contribution in [-0.4, -0.2) is 29.7 Å². The molecule has 0 saturated heterocycles. The topological polar surface area (TPSA) is 91.3 Å². The van der Waals surface area contributed by atoms with Gasteiger partial charge in [-0.1, -0.05) is 19.8 Å². The maximum Gasteiger partial charge on any atom is 0.269 e. The van der Waals surface area contributed by atoms with Crippen LogP contribution in [0, 0.1) is 10.1 Å². The quantitative estimate of drug-likeness (QED) is 0.281. The van der Waals surface area contributed by atoms with Gasteiger partial charge < -0.3 is 10.0 Å². The van der Waals surface area contributed by atoms with Crippen LogP contribution in [0.2, 0.25) is 0 Å². The summed E-state index contributed by atoms with van der Waals surface area (Å²) in [4.78, 5) is 12.4. The van der Waals surface area contributed by atoms with E-state index in [0.29, 0.717) is 17.9 Å². The molecule has 2 rings (SSSR count). The molecule has 7 nitrogen and oxygen atoms in total. The Balaban J connectivity index is 2.01. The van der Waals surface area contributed by atoms with Crippen molar-refractivity contribution in [3.05, 3.63) is 58.6 Å². The van der Waals surface area contributed by atoms with Gasteiger partial charge in [0.1, 0.15) is 0 Å². The fourth-order valence-electron chi connectivity index (χ4n) is 2.53. The van der Waals surface area contributed by atoms with Crippen LogP contribution in [0.15, 0.2) is 58.8 Å². The van der Waals surface area contributed by atoms with E-state index >= 15 is 0 Å². The summed E-state index contributed by atoms with van der Waals surface area (Å²) < 4.78 is 0. The number of hydrogen-bond acceptors (Lipinski definition) is 6. The average molecular weight is 356 g/mol. The highest BCUT2D eigenvalue weighted by molar-refractivity contribution is 5.53. The van der Waals surface area contributed by atoms with Crippen molar-refractivity contribution in [3.8, 4) is 0 Å². The number of benzene rings is 2. The van der Waals surface area contributed by atoms with Gasteiger partial charge in [-0.3, -0.25) is 10.1 Å². The first kappa shape index (κ1) is 19.5. The van der Waals surface area contributed by atoms with Crippen LogP contribution in [0.1, 0.15) is 26.2 Å². The Hall–Kier alpha value is -2.80. The fourth-order valence-corrected chi connectivity index (χ4v) is 2.53. The lowest BCUT2D eigenvalue weighted by Gasteiger charge is -2.24. The van der Waals surface area contributed by atoms with Gasteiger partial charge in [-0.2, -0.15) is 10.2 Å². The molecule has 2 aromatic carbocycles. The van der Waals surface area contributed by atoms with Crippen molar-refractivity contribution < 1.29 is 10.0 Å². The van der Waals surface area contributed by atoms with E-state index in [1.54, 1.807) is 12.1 Å². The van der Waals surface area contributed by atoms with Crippen molar-refractivity contribution in [2.75, 3.05) is 24.6 Å². The third kappa shape index (κ3) is 5.93. The largest absolute Gasteiger partial charge is 0.395 e. The fraction of sp³-hybridized carbons (Fsp3) is 0.368. The molecule has 0 radical (unpaired) electrons. The number of unbranched alkanes of at least 4 members (excludes halogenated alkanes) is 2. The second-order valence-corrected chi connectivity index (χ2v) is 5.91. The lowest BCUT2D eigenvalue weighted by molar-refractivity contribution is -0.384. The number of anilines is 1. The minimum absolute atomic E-state index is 0.0281. The lowest BCUT2D eigenvalue weighted by atomic mass is 10.2. The minimum Gasteiger partial charge on any atom is -0.395 e. The van der Waals surface area contributed by atoms with Crippen molar-refractivity contribution >= 4 is 22.7 Å². The summed E-state index contributed by atoms with van der Waals surface area (Å²) in [6, 6.07) is 13.6. The zero-order valence-electron chi connectivity index (χ0n) is 14.9. The van der Waals surface area contributed by atoms with Crippen LogP contribution in [0.4, 0.5) is 22.7 Å². The third-order valence-corrected chi connectivity index (χ3v) is 3.96. The lowest BCUT2D eigenvalue weighted by Crippen LogP contribution is -2.27. The van der Waals surface area contributed by atoms with Crippen molar-refractivity contribution in [1.29, 1.82) is 0 Å². The van der Waals surface area contributed by atoms with E-state index in [4.69, 9.17) is 0 Å². The molecule has 0 unspecified atom stereocenters. The highest BCUT2D eigenvalue weighted by atomic mass is 16.6. The van der Waals surface area contributed by atoms with Gasteiger partial charge in [0.25, 0.3) is 5.69 Å². The summed E-state index contributed by atoms with van der Waals surface area (Å²) in [6.45, 7) is 3.81. The zero-order chi connectivity index (χ0) is 18.8. The minimum atomic E-state index is -0.446. The van der Waals surface area contributed by atoms with Crippen LogP contribution in [0.25, 0.3) is 0 Å². The summed E-state index contributed by atoms with van der Waals surface area (Å²) >= 11 is 0. The first-order valence-corrected chi connectivity index (χ1v) is 8.76. The number of nitro groups is 1. The van der Waals surface area contributed by atoms with Gasteiger partial charge in [-0.25, -0.2) is 0 Å². The van der Waals surface area contributed by atoms with Gasteiger partial charge in [0.05, 0.1) is 22.9 Å². The molecular formula is C19H24N4O3. The highest BCUT2D eigenvalue weighted by Gasteiger charge is 2.06. The van der Waals surface area contributed by atoms with Gasteiger partial charge in [0, 0.05) is 30.9 Å². The highest BCUT2D eigenvalue weighted by Crippen LogP contribution is 2.24. The third-order valence-electron chi connectivity index (χ3n) is 3.96. The summed E-state index contributed by atoms with van der Waals surface area (Å²) in [7, 11) is 0. The van der Waals surface area contributed by atoms with E-state index in [-0.39, 0.29) is 12.3 Å². The molecule has 7 heteroatoms. The molecule has 1 N–H and O–H groups in total. The van der Waals surface area contributed by atoms with Crippen LogP contribution in [0.3, 0.4) is 0 Å².